The first kappa shape index (κ1) is 14.1. The molecular weight excluding hydrogens is 236 g/mol. The van der Waals surface area contributed by atoms with Gasteiger partial charge in [-0.15, -0.1) is 0 Å². The molecule has 0 saturated heterocycles. The van der Waals surface area contributed by atoms with E-state index in [-0.39, 0.29) is 23.4 Å². The van der Waals surface area contributed by atoms with Crippen molar-refractivity contribution in [1.29, 1.82) is 0 Å². The lowest BCUT2D eigenvalue weighted by molar-refractivity contribution is -0.124. The Balaban J connectivity index is 2.18. The Bertz CT molecular complexity index is 466. The van der Waals surface area contributed by atoms with Gasteiger partial charge < -0.3 is 11.1 Å². The summed E-state index contributed by atoms with van der Waals surface area (Å²) in [6, 6.07) is 8.20. The second-order valence-corrected chi connectivity index (χ2v) is 6.14. The fourth-order valence-corrected chi connectivity index (χ4v) is 2.54. The summed E-state index contributed by atoms with van der Waals surface area (Å²) in [7, 11) is 0. The molecule has 2 unspecified atom stereocenters. The summed E-state index contributed by atoms with van der Waals surface area (Å²) in [6.45, 7) is 5.88. The summed E-state index contributed by atoms with van der Waals surface area (Å²) in [5.74, 6) is 0.0809. The maximum absolute atomic E-state index is 12.5. The molecule has 1 amide bonds. The number of carbonyl (C=O) groups excluding carboxylic acids is 1. The number of amides is 1. The zero-order valence-corrected chi connectivity index (χ0v) is 12.1. The van der Waals surface area contributed by atoms with Crippen LogP contribution in [0.5, 0.6) is 0 Å². The van der Waals surface area contributed by atoms with E-state index in [0.717, 1.165) is 19.3 Å². The number of nitrogens with one attached hydrogen (secondary N) is 1. The summed E-state index contributed by atoms with van der Waals surface area (Å²) < 4.78 is 0. The van der Waals surface area contributed by atoms with Gasteiger partial charge in [-0.25, -0.2) is 0 Å². The van der Waals surface area contributed by atoms with Gasteiger partial charge in [-0.2, -0.15) is 0 Å². The number of nitrogens with two attached hydrogens (primary N) is 1. The zero-order valence-electron chi connectivity index (χ0n) is 12.1. The molecule has 0 heterocycles. The van der Waals surface area contributed by atoms with Crippen molar-refractivity contribution >= 4 is 5.91 Å². The number of fused-ring (bicyclic) bond motifs is 1. The minimum Gasteiger partial charge on any atom is -0.349 e. The molecule has 0 fully saturated rings. The van der Waals surface area contributed by atoms with E-state index in [9.17, 15) is 4.79 Å². The molecule has 104 valence electrons. The van der Waals surface area contributed by atoms with E-state index in [1.807, 2.05) is 32.9 Å². The van der Waals surface area contributed by atoms with Gasteiger partial charge in [0.15, 0.2) is 0 Å². The largest absolute Gasteiger partial charge is 0.349 e. The molecule has 3 N–H and O–H groups in total. The minimum absolute atomic E-state index is 0.0250. The molecule has 1 aromatic carbocycles. The minimum atomic E-state index is -0.372. The Kier molecular flexibility index (Phi) is 3.95. The summed E-state index contributed by atoms with van der Waals surface area (Å²) in [4.78, 5) is 12.5. The Morgan fingerprint density at radius 3 is 2.79 bits per heavy atom. The van der Waals surface area contributed by atoms with Gasteiger partial charge in [0.25, 0.3) is 0 Å². The van der Waals surface area contributed by atoms with Crippen LogP contribution in [0.1, 0.15) is 50.7 Å². The maximum Gasteiger partial charge on any atom is 0.228 e. The Labute approximate surface area is 115 Å². The molecule has 0 spiro atoms. The summed E-state index contributed by atoms with van der Waals surface area (Å²) in [5.41, 5.74) is 8.06. The lowest BCUT2D eigenvalue weighted by Crippen LogP contribution is -2.55. The van der Waals surface area contributed by atoms with Gasteiger partial charge >= 0.3 is 0 Å². The molecule has 1 aliphatic rings. The highest BCUT2D eigenvalue weighted by molar-refractivity contribution is 5.85. The van der Waals surface area contributed by atoms with Crippen LogP contribution in [0.25, 0.3) is 0 Å². The lowest BCUT2D eigenvalue weighted by atomic mass is 9.81. The van der Waals surface area contributed by atoms with Crippen molar-refractivity contribution in [3.8, 4) is 0 Å². The van der Waals surface area contributed by atoms with Crippen LogP contribution in [0.2, 0.25) is 0 Å². The number of aryl methyl sites for hydroxylation is 1. The second-order valence-electron chi connectivity index (χ2n) is 6.14. The van der Waals surface area contributed by atoms with Gasteiger partial charge in [0.05, 0.1) is 5.92 Å². The molecule has 2 atom stereocenters. The van der Waals surface area contributed by atoms with Crippen LogP contribution < -0.4 is 11.1 Å². The van der Waals surface area contributed by atoms with Crippen molar-refractivity contribution in [2.24, 2.45) is 5.73 Å². The Hall–Kier alpha value is -1.35. The Morgan fingerprint density at radius 1 is 1.42 bits per heavy atom. The van der Waals surface area contributed by atoms with Crippen molar-refractivity contribution in [1.82, 2.24) is 5.32 Å². The molecule has 2 rings (SSSR count). The van der Waals surface area contributed by atoms with Gasteiger partial charge in [-0.3, -0.25) is 4.79 Å². The van der Waals surface area contributed by atoms with Gasteiger partial charge in [0, 0.05) is 11.6 Å². The van der Waals surface area contributed by atoms with Gasteiger partial charge in [0.2, 0.25) is 5.91 Å². The molecule has 0 aliphatic heterocycles. The van der Waals surface area contributed by atoms with Gasteiger partial charge in [0.1, 0.15) is 0 Å². The van der Waals surface area contributed by atoms with Gasteiger partial charge in [-0.05, 0) is 51.2 Å². The SMILES string of the molecule is CC(N)C(C)(C)NC(=O)C1CCCc2ccccc21. The van der Waals surface area contributed by atoms with E-state index in [1.165, 1.54) is 11.1 Å². The van der Waals surface area contributed by atoms with Crippen molar-refractivity contribution in [3.05, 3.63) is 35.4 Å². The molecule has 3 heteroatoms. The van der Waals surface area contributed by atoms with Gasteiger partial charge in [-0.1, -0.05) is 24.3 Å². The fourth-order valence-electron chi connectivity index (χ4n) is 2.54. The number of carbonyl (C=O) groups is 1. The number of rotatable bonds is 3. The van der Waals surface area contributed by atoms with Crippen molar-refractivity contribution in [2.45, 2.75) is 57.5 Å². The lowest BCUT2D eigenvalue weighted by Gasteiger charge is -2.33. The first-order valence-electron chi connectivity index (χ1n) is 7.07. The topological polar surface area (TPSA) is 55.1 Å². The quantitative estimate of drug-likeness (QED) is 0.876. The van der Waals surface area contributed by atoms with E-state index >= 15 is 0 Å². The highest BCUT2D eigenvalue weighted by Crippen LogP contribution is 2.32. The second kappa shape index (κ2) is 5.33. The molecule has 1 aliphatic carbocycles. The maximum atomic E-state index is 12.5. The average molecular weight is 260 g/mol. The summed E-state index contributed by atoms with van der Waals surface area (Å²) in [6.07, 6.45) is 3.09. The monoisotopic (exact) mass is 260 g/mol. The highest BCUT2D eigenvalue weighted by Gasteiger charge is 2.31. The van der Waals surface area contributed by atoms with E-state index in [4.69, 9.17) is 5.73 Å². The van der Waals surface area contributed by atoms with Crippen LogP contribution in [0.4, 0.5) is 0 Å². The molecular formula is C16H24N2O. The number of benzene rings is 1. The summed E-state index contributed by atoms with van der Waals surface area (Å²) in [5, 5.41) is 3.10. The smallest absolute Gasteiger partial charge is 0.228 e. The Morgan fingerprint density at radius 2 is 2.11 bits per heavy atom. The predicted molar refractivity (Wildman–Crippen MR) is 78.0 cm³/mol. The van der Waals surface area contributed by atoms with Crippen LogP contribution in [0.3, 0.4) is 0 Å². The fraction of sp³-hybridized carbons (Fsp3) is 0.562. The first-order valence-corrected chi connectivity index (χ1v) is 7.07. The predicted octanol–water partition coefficient (Wildman–Crippen LogP) is 2.35. The van der Waals surface area contributed by atoms with Crippen LogP contribution in [-0.4, -0.2) is 17.5 Å². The van der Waals surface area contributed by atoms with E-state index in [2.05, 4.69) is 17.4 Å². The van der Waals surface area contributed by atoms with Crippen LogP contribution in [0, 0.1) is 0 Å². The van der Waals surface area contributed by atoms with Crippen molar-refractivity contribution in [2.75, 3.05) is 0 Å². The molecule has 19 heavy (non-hydrogen) atoms. The zero-order chi connectivity index (χ0) is 14.0. The van der Waals surface area contributed by atoms with E-state index in [1.54, 1.807) is 0 Å². The standard InChI is InChI=1S/C16H24N2O/c1-11(17)16(2,3)18-15(19)14-10-6-8-12-7-4-5-9-13(12)14/h4-5,7,9,11,14H,6,8,10,17H2,1-3H3,(H,18,19). The third-order valence-corrected chi connectivity index (χ3v) is 4.27. The average Bonchev–Trinajstić information content (AvgIpc) is 2.37. The van der Waals surface area contributed by atoms with Crippen LogP contribution in [-0.2, 0) is 11.2 Å². The van der Waals surface area contributed by atoms with Crippen LogP contribution >= 0.6 is 0 Å². The van der Waals surface area contributed by atoms with Crippen molar-refractivity contribution < 1.29 is 4.79 Å². The molecule has 0 radical (unpaired) electrons. The summed E-state index contributed by atoms with van der Waals surface area (Å²) >= 11 is 0. The van der Waals surface area contributed by atoms with Crippen molar-refractivity contribution in [3.63, 3.8) is 0 Å². The third kappa shape index (κ3) is 2.98. The molecule has 0 bridgehead atoms. The normalized spacial score (nSPS) is 20.5. The molecule has 1 aromatic rings. The first-order chi connectivity index (χ1) is 8.92. The van der Waals surface area contributed by atoms with Crippen LogP contribution in [0.15, 0.2) is 24.3 Å². The highest BCUT2D eigenvalue weighted by atomic mass is 16.2. The number of hydrogen-bond donors (Lipinski definition) is 2. The van der Waals surface area contributed by atoms with E-state index in [0.29, 0.717) is 0 Å². The third-order valence-electron chi connectivity index (χ3n) is 4.27. The van der Waals surface area contributed by atoms with E-state index < -0.39 is 0 Å². The number of hydrogen-bond acceptors (Lipinski definition) is 2. The molecule has 0 saturated carbocycles. The molecule has 3 nitrogen and oxygen atoms in total. The molecule has 0 aromatic heterocycles.